The maximum Gasteiger partial charge on any atom is 0.305 e. The number of anilines is 2. The van der Waals surface area contributed by atoms with E-state index in [4.69, 9.17) is 11.1 Å². The quantitative estimate of drug-likeness (QED) is 0.244. The van der Waals surface area contributed by atoms with E-state index in [-0.39, 0.29) is 30.6 Å². The fourth-order valence-electron chi connectivity index (χ4n) is 4.15. The molecule has 0 aliphatic carbocycles. The zero-order chi connectivity index (χ0) is 25.7. The third-order valence-corrected chi connectivity index (χ3v) is 5.99. The van der Waals surface area contributed by atoms with Gasteiger partial charge < -0.3 is 26.4 Å². The summed E-state index contributed by atoms with van der Waals surface area (Å²) in [6, 6.07) is 20.6. The van der Waals surface area contributed by atoms with Gasteiger partial charge in [0.15, 0.2) is 0 Å². The Bertz CT molecular complexity index is 1290. The molecule has 0 saturated carbocycles. The summed E-state index contributed by atoms with van der Waals surface area (Å²) in [4.78, 5) is 39.2. The molecule has 1 aliphatic rings. The summed E-state index contributed by atoms with van der Waals surface area (Å²) < 4.78 is 0. The average Bonchev–Trinajstić information content (AvgIpc) is 2.98. The Balaban J connectivity index is 1.54. The highest BCUT2D eigenvalue weighted by Crippen LogP contribution is 2.27. The highest BCUT2D eigenvalue weighted by Gasteiger charge is 2.28. The van der Waals surface area contributed by atoms with Crippen LogP contribution in [-0.2, 0) is 11.2 Å². The first-order valence-corrected chi connectivity index (χ1v) is 11.5. The highest BCUT2D eigenvalue weighted by atomic mass is 16.4. The van der Waals surface area contributed by atoms with Crippen LogP contribution in [0, 0.1) is 5.41 Å². The second-order valence-electron chi connectivity index (χ2n) is 8.63. The maximum atomic E-state index is 13.4. The van der Waals surface area contributed by atoms with E-state index in [1.807, 2.05) is 30.3 Å². The predicted octanol–water partition coefficient (Wildman–Crippen LogP) is 3.18. The average molecular weight is 486 g/mol. The number of hydrogen-bond donors (Lipinski definition) is 5. The minimum absolute atomic E-state index is 0.0859. The number of carbonyl (C=O) groups excluding carboxylic acids is 2. The summed E-state index contributed by atoms with van der Waals surface area (Å²) in [5.41, 5.74) is 8.79. The van der Waals surface area contributed by atoms with Crippen LogP contribution >= 0.6 is 0 Å². The second kappa shape index (κ2) is 10.7. The number of rotatable bonds is 8. The summed E-state index contributed by atoms with van der Waals surface area (Å²) in [5, 5.41) is 22.8. The molecule has 3 aromatic rings. The van der Waals surface area contributed by atoms with Crippen molar-refractivity contribution in [3.05, 3.63) is 95.1 Å². The summed E-state index contributed by atoms with van der Waals surface area (Å²) >= 11 is 0. The zero-order valence-electron chi connectivity index (χ0n) is 19.5. The molecule has 9 heteroatoms. The molecule has 0 saturated heterocycles. The van der Waals surface area contributed by atoms with Crippen LogP contribution < -0.4 is 16.4 Å². The number of nitrogen functional groups attached to an aromatic ring is 1. The lowest BCUT2D eigenvalue weighted by atomic mass is 10.1. The number of benzene rings is 3. The molecular weight excluding hydrogens is 458 g/mol. The first kappa shape index (κ1) is 24.5. The summed E-state index contributed by atoms with van der Waals surface area (Å²) in [5.74, 6) is -1.61. The Labute approximate surface area is 208 Å². The van der Waals surface area contributed by atoms with Gasteiger partial charge in [0.05, 0.1) is 18.0 Å². The van der Waals surface area contributed by atoms with E-state index in [0.717, 1.165) is 5.56 Å². The number of amides is 2. The number of nitrogens with zero attached hydrogens (tertiary/aromatic N) is 1. The second-order valence-corrected chi connectivity index (χ2v) is 8.63. The van der Waals surface area contributed by atoms with Gasteiger partial charge in [-0.25, -0.2) is 0 Å². The van der Waals surface area contributed by atoms with Crippen LogP contribution in [-0.4, -0.2) is 52.8 Å². The molecule has 1 aliphatic heterocycles. The lowest BCUT2D eigenvalue weighted by Crippen LogP contribution is -2.39. The van der Waals surface area contributed by atoms with Crippen LogP contribution in [0.2, 0.25) is 0 Å². The Hall–Kier alpha value is -4.66. The van der Waals surface area contributed by atoms with Crippen molar-refractivity contribution in [3.8, 4) is 0 Å². The first-order chi connectivity index (χ1) is 17.3. The molecule has 36 heavy (non-hydrogen) atoms. The number of carboxylic acids is 1. The third-order valence-electron chi connectivity index (χ3n) is 5.99. The van der Waals surface area contributed by atoms with Crippen LogP contribution in [0.25, 0.3) is 0 Å². The lowest BCUT2D eigenvalue weighted by molar-refractivity contribution is -0.137. The van der Waals surface area contributed by atoms with Crippen LogP contribution in [0.1, 0.15) is 38.3 Å². The number of amidine groups is 1. The number of carboxylic acid groups (broad SMARTS) is 1. The van der Waals surface area contributed by atoms with Crippen molar-refractivity contribution in [3.63, 3.8) is 0 Å². The van der Waals surface area contributed by atoms with Gasteiger partial charge in [-0.3, -0.25) is 19.8 Å². The third kappa shape index (κ3) is 5.87. The van der Waals surface area contributed by atoms with Crippen molar-refractivity contribution in [2.24, 2.45) is 5.73 Å². The smallest absolute Gasteiger partial charge is 0.305 e. The van der Waals surface area contributed by atoms with Crippen LogP contribution in [0.3, 0.4) is 0 Å². The molecule has 2 amide bonds. The number of nitrogens with two attached hydrogens (primary N) is 1. The van der Waals surface area contributed by atoms with E-state index in [2.05, 4.69) is 10.6 Å². The van der Waals surface area contributed by atoms with E-state index < -0.39 is 12.0 Å². The molecule has 0 aromatic heterocycles. The van der Waals surface area contributed by atoms with Gasteiger partial charge in [0.1, 0.15) is 5.84 Å². The SMILES string of the molecule is N=C(N)c1ccc(C(=O)Nc2ccc3c(c2)N[C@@H](CC(=O)O)CN(CCc2ccccc2)C3=O)cc1. The standard InChI is InChI=1S/C27H27N5O4/c28-25(29)18-6-8-19(9-7-18)26(35)31-20-10-11-22-23(14-20)30-21(15-24(33)34)16-32(27(22)36)13-12-17-4-2-1-3-5-17/h1-11,14,21,30H,12-13,15-16H2,(H3,28,29)(H,31,35)(H,33,34)/t21-/m0/s1. The van der Waals surface area contributed by atoms with Gasteiger partial charge in [-0.15, -0.1) is 0 Å². The van der Waals surface area contributed by atoms with Gasteiger partial charge in [0.2, 0.25) is 0 Å². The number of carbonyl (C=O) groups is 3. The van der Waals surface area contributed by atoms with Gasteiger partial charge in [0, 0.05) is 35.6 Å². The molecule has 184 valence electrons. The molecule has 9 nitrogen and oxygen atoms in total. The van der Waals surface area contributed by atoms with Crippen molar-refractivity contribution in [2.45, 2.75) is 18.9 Å². The highest BCUT2D eigenvalue weighted by molar-refractivity contribution is 6.06. The Morgan fingerprint density at radius 3 is 2.42 bits per heavy atom. The van der Waals surface area contributed by atoms with Gasteiger partial charge in [-0.05, 0) is 42.3 Å². The van der Waals surface area contributed by atoms with Crippen molar-refractivity contribution in [1.82, 2.24) is 4.90 Å². The molecule has 1 atom stereocenters. The normalized spacial score (nSPS) is 14.8. The minimum Gasteiger partial charge on any atom is -0.481 e. The molecule has 0 fully saturated rings. The van der Waals surface area contributed by atoms with Crippen molar-refractivity contribution < 1.29 is 19.5 Å². The number of nitrogens with one attached hydrogen (secondary N) is 3. The molecule has 0 radical (unpaired) electrons. The van der Waals surface area contributed by atoms with Gasteiger partial charge >= 0.3 is 5.97 Å². The van der Waals surface area contributed by atoms with Crippen molar-refractivity contribution in [2.75, 3.05) is 23.7 Å². The van der Waals surface area contributed by atoms with Gasteiger partial charge in [0.25, 0.3) is 11.8 Å². The Morgan fingerprint density at radius 2 is 1.75 bits per heavy atom. The Kier molecular flexibility index (Phi) is 7.29. The molecule has 0 spiro atoms. The van der Waals surface area contributed by atoms with E-state index in [0.29, 0.717) is 41.0 Å². The van der Waals surface area contributed by atoms with Gasteiger partial charge in [-0.2, -0.15) is 0 Å². The maximum absolute atomic E-state index is 13.4. The fraction of sp³-hybridized carbons (Fsp3) is 0.185. The largest absolute Gasteiger partial charge is 0.481 e. The molecule has 4 rings (SSSR count). The molecule has 3 aromatic carbocycles. The van der Waals surface area contributed by atoms with Gasteiger partial charge in [-0.1, -0.05) is 42.5 Å². The molecule has 6 N–H and O–H groups in total. The summed E-state index contributed by atoms with van der Waals surface area (Å²) in [6.07, 6.45) is 0.492. The van der Waals surface area contributed by atoms with Crippen LogP contribution in [0.5, 0.6) is 0 Å². The predicted molar refractivity (Wildman–Crippen MR) is 138 cm³/mol. The lowest BCUT2D eigenvalue weighted by Gasteiger charge is -2.24. The van der Waals surface area contributed by atoms with Crippen molar-refractivity contribution in [1.29, 1.82) is 5.41 Å². The summed E-state index contributed by atoms with van der Waals surface area (Å²) in [7, 11) is 0. The number of fused-ring (bicyclic) bond motifs is 1. The summed E-state index contributed by atoms with van der Waals surface area (Å²) in [6.45, 7) is 0.700. The van der Waals surface area contributed by atoms with Crippen LogP contribution in [0.4, 0.5) is 11.4 Å². The monoisotopic (exact) mass is 485 g/mol. The topological polar surface area (TPSA) is 149 Å². The van der Waals surface area contributed by atoms with E-state index in [1.54, 1.807) is 47.4 Å². The van der Waals surface area contributed by atoms with E-state index in [1.165, 1.54) is 0 Å². The molecular formula is C27H27N5O4. The fourth-order valence-corrected chi connectivity index (χ4v) is 4.15. The minimum atomic E-state index is -0.968. The first-order valence-electron chi connectivity index (χ1n) is 11.5. The number of aliphatic carboxylic acids is 1. The van der Waals surface area contributed by atoms with E-state index >= 15 is 0 Å². The Morgan fingerprint density at radius 1 is 1.06 bits per heavy atom. The van der Waals surface area contributed by atoms with E-state index in [9.17, 15) is 19.5 Å². The molecule has 0 bridgehead atoms. The zero-order valence-corrected chi connectivity index (χ0v) is 19.5. The van der Waals surface area contributed by atoms with Crippen LogP contribution in [0.15, 0.2) is 72.8 Å². The number of hydrogen-bond acceptors (Lipinski definition) is 5. The van der Waals surface area contributed by atoms with Crippen molar-refractivity contribution >= 4 is 35.0 Å². The molecule has 1 heterocycles. The molecule has 0 unspecified atom stereocenters.